The molecular weight excluding hydrogens is 221 g/mol. The molecule has 0 aliphatic rings. The fourth-order valence-electron chi connectivity index (χ4n) is 1.62. The molecule has 2 aromatic rings. The largest absolute Gasteiger partial charge is 0.466 e. The monoisotopic (exact) mass is 233 g/mol. The van der Waals surface area contributed by atoms with Gasteiger partial charge in [0, 0.05) is 11.6 Å². The van der Waals surface area contributed by atoms with Crippen molar-refractivity contribution in [2.75, 3.05) is 6.61 Å². The zero-order valence-corrected chi connectivity index (χ0v) is 9.44. The van der Waals surface area contributed by atoms with Crippen molar-refractivity contribution < 1.29 is 13.9 Å². The highest BCUT2D eigenvalue weighted by atomic mass is 19.1. The second-order valence-electron chi connectivity index (χ2n) is 3.66. The van der Waals surface area contributed by atoms with Crippen molar-refractivity contribution in [2.45, 2.75) is 13.3 Å². The van der Waals surface area contributed by atoms with E-state index in [4.69, 9.17) is 4.74 Å². The number of pyridine rings is 1. The van der Waals surface area contributed by atoms with Crippen LogP contribution in [-0.2, 0) is 16.0 Å². The Hall–Kier alpha value is -1.97. The van der Waals surface area contributed by atoms with Crippen molar-refractivity contribution in [2.24, 2.45) is 0 Å². The molecular formula is C13H12FNO2. The minimum atomic E-state index is -0.312. The lowest BCUT2D eigenvalue weighted by atomic mass is 10.1. The third-order valence-electron chi connectivity index (χ3n) is 2.35. The van der Waals surface area contributed by atoms with Crippen molar-refractivity contribution in [3.63, 3.8) is 0 Å². The van der Waals surface area contributed by atoms with E-state index >= 15 is 0 Å². The topological polar surface area (TPSA) is 39.2 Å². The number of aromatic nitrogens is 1. The molecule has 0 N–H and O–H groups in total. The molecule has 1 aromatic carbocycles. The summed E-state index contributed by atoms with van der Waals surface area (Å²) < 4.78 is 17.9. The van der Waals surface area contributed by atoms with Gasteiger partial charge in [0.1, 0.15) is 5.82 Å². The maximum absolute atomic E-state index is 13.0. The standard InChI is InChI=1S/C13H12FNO2/c1-2-17-13(16)6-9-5-10-7-11(14)3-4-12(10)15-8-9/h3-5,7-8H,2,6H2,1H3. The van der Waals surface area contributed by atoms with Crippen molar-refractivity contribution in [3.8, 4) is 0 Å². The fraction of sp³-hybridized carbons (Fsp3) is 0.231. The lowest BCUT2D eigenvalue weighted by molar-refractivity contribution is -0.142. The first kappa shape index (κ1) is 11.5. The van der Waals surface area contributed by atoms with Crippen molar-refractivity contribution in [1.29, 1.82) is 0 Å². The Bertz CT molecular complexity index is 554. The molecule has 0 spiro atoms. The zero-order valence-electron chi connectivity index (χ0n) is 9.44. The van der Waals surface area contributed by atoms with Crippen LogP contribution in [0, 0.1) is 5.82 Å². The Morgan fingerprint density at radius 2 is 2.24 bits per heavy atom. The lowest BCUT2D eigenvalue weighted by Crippen LogP contribution is -2.07. The van der Waals surface area contributed by atoms with Gasteiger partial charge in [0.25, 0.3) is 0 Å². The Balaban J connectivity index is 2.27. The molecule has 0 fully saturated rings. The molecule has 4 heteroatoms. The number of carbonyl (C=O) groups excluding carboxylic acids is 1. The summed E-state index contributed by atoms with van der Waals surface area (Å²) in [5.41, 5.74) is 1.43. The van der Waals surface area contributed by atoms with E-state index in [1.54, 1.807) is 25.3 Å². The highest BCUT2D eigenvalue weighted by molar-refractivity contribution is 5.80. The van der Waals surface area contributed by atoms with Crippen LogP contribution in [0.1, 0.15) is 12.5 Å². The molecule has 0 unspecified atom stereocenters. The van der Waals surface area contributed by atoms with Crippen molar-refractivity contribution in [1.82, 2.24) is 4.98 Å². The summed E-state index contributed by atoms with van der Waals surface area (Å²) in [6.45, 7) is 2.11. The van der Waals surface area contributed by atoms with Crippen LogP contribution in [0.3, 0.4) is 0 Å². The van der Waals surface area contributed by atoms with Gasteiger partial charge in [-0.25, -0.2) is 4.39 Å². The van der Waals surface area contributed by atoms with Crippen molar-refractivity contribution in [3.05, 3.63) is 41.8 Å². The average molecular weight is 233 g/mol. The molecule has 88 valence electrons. The number of hydrogen-bond acceptors (Lipinski definition) is 3. The van der Waals surface area contributed by atoms with Crippen LogP contribution < -0.4 is 0 Å². The van der Waals surface area contributed by atoms with Crippen LogP contribution in [0.2, 0.25) is 0 Å². The Labute approximate surface area is 98.2 Å². The summed E-state index contributed by atoms with van der Waals surface area (Å²) in [5, 5.41) is 0.687. The van der Waals surface area contributed by atoms with Gasteiger partial charge in [-0.3, -0.25) is 9.78 Å². The highest BCUT2D eigenvalue weighted by Crippen LogP contribution is 2.15. The molecule has 0 amide bonds. The summed E-state index contributed by atoms with van der Waals surface area (Å²) in [6.07, 6.45) is 1.77. The van der Waals surface area contributed by atoms with E-state index in [-0.39, 0.29) is 18.2 Å². The number of nitrogens with zero attached hydrogens (tertiary/aromatic N) is 1. The van der Waals surface area contributed by atoms with Crippen LogP contribution in [0.4, 0.5) is 4.39 Å². The average Bonchev–Trinajstić information content (AvgIpc) is 2.28. The number of rotatable bonds is 3. The van der Waals surface area contributed by atoms with E-state index in [0.29, 0.717) is 17.5 Å². The zero-order chi connectivity index (χ0) is 12.3. The van der Waals surface area contributed by atoms with Crippen LogP contribution in [-0.4, -0.2) is 17.6 Å². The van der Waals surface area contributed by atoms with E-state index in [0.717, 1.165) is 5.56 Å². The van der Waals surface area contributed by atoms with Crippen LogP contribution >= 0.6 is 0 Å². The van der Waals surface area contributed by atoms with E-state index in [9.17, 15) is 9.18 Å². The molecule has 3 nitrogen and oxygen atoms in total. The SMILES string of the molecule is CCOC(=O)Cc1cnc2ccc(F)cc2c1. The number of halogens is 1. The third kappa shape index (κ3) is 2.78. The number of ether oxygens (including phenoxy) is 1. The minimum Gasteiger partial charge on any atom is -0.466 e. The van der Waals surface area contributed by atoms with Gasteiger partial charge in [-0.05, 0) is 36.8 Å². The van der Waals surface area contributed by atoms with E-state index in [1.165, 1.54) is 12.1 Å². The highest BCUT2D eigenvalue weighted by Gasteiger charge is 2.05. The van der Waals surface area contributed by atoms with E-state index in [1.807, 2.05) is 0 Å². The van der Waals surface area contributed by atoms with Gasteiger partial charge in [-0.2, -0.15) is 0 Å². The van der Waals surface area contributed by atoms with E-state index in [2.05, 4.69) is 4.98 Å². The number of fused-ring (bicyclic) bond motifs is 1. The number of benzene rings is 1. The smallest absolute Gasteiger partial charge is 0.310 e. The molecule has 0 radical (unpaired) electrons. The summed E-state index contributed by atoms with van der Waals surface area (Å²) >= 11 is 0. The summed E-state index contributed by atoms with van der Waals surface area (Å²) in [4.78, 5) is 15.5. The first-order valence-corrected chi connectivity index (χ1v) is 5.39. The quantitative estimate of drug-likeness (QED) is 0.764. The predicted octanol–water partition coefficient (Wildman–Crippen LogP) is 2.48. The summed E-state index contributed by atoms with van der Waals surface area (Å²) in [7, 11) is 0. The van der Waals surface area contributed by atoms with Gasteiger partial charge in [-0.15, -0.1) is 0 Å². The van der Waals surface area contributed by atoms with Crippen LogP contribution in [0.5, 0.6) is 0 Å². The molecule has 0 bridgehead atoms. The third-order valence-corrected chi connectivity index (χ3v) is 2.35. The van der Waals surface area contributed by atoms with Crippen LogP contribution in [0.25, 0.3) is 10.9 Å². The normalized spacial score (nSPS) is 10.5. The predicted molar refractivity (Wildman–Crippen MR) is 62.0 cm³/mol. The van der Waals surface area contributed by atoms with Gasteiger partial charge < -0.3 is 4.74 Å². The summed E-state index contributed by atoms with van der Waals surface area (Å²) in [5.74, 6) is -0.613. The van der Waals surface area contributed by atoms with Crippen molar-refractivity contribution >= 4 is 16.9 Å². The van der Waals surface area contributed by atoms with Gasteiger partial charge in [0.15, 0.2) is 0 Å². The Morgan fingerprint density at radius 1 is 1.41 bits per heavy atom. The molecule has 0 saturated carbocycles. The lowest BCUT2D eigenvalue weighted by Gasteiger charge is -2.03. The van der Waals surface area contributed by atoms with E-state index < -0.39 is 0 Å². The Morgan fingerprint density at radius 3 is 3.00 bits per heavy atom. The second kappa shape index (κ2) is 4.91. The van der Waals surface area contributed by atoms with Crippen LogP contribution in [0.15, 0.2) is 30.5 Å². The van der Waals surface area contributed by atoms with Gasteiger partial charge in [-0.1, -0.05) is 0 Å². The number of hydrogen-bond donors (Lipinski definition) is 0. The van der Waals surface area contributed by atoms with Gasteiger partial charge in [0.05, 0.1) is 18.5 Å². The summed E-state index contributed by atoms with van der Waals surface area (Å²) in [6, 6.07) is 6.12. The first-order valence-electron chi connectivity index (χ1n) is 5.39. The van der Waals surface area contributed by atoms with Gasteiger partial charge >= 0.3 is 5.97 Å². The molecule has 2 rings (SSSR count). The maximum Gasteiger partial charge on any atom is 0.310 e. The molecule has 17 heavy (non-hydrogen) atoms. The number of esters is 1. The molecule has 1 heterocycles. The first-order chi connectivity index (χ1) is 8.19. The number of carbonyl (C=O) groups is 1. The Kier molecular flexibility index (Phi) is 3.32. The molecule has 0 atom stereocenters. The van der Waals surface area contributed by atoms with Gasteiger partial charge in [0.2, 0.25) is 0 Å². The molecule has 1 aromatic heterocycles. The maximum atomic E-state index is 13.0. The molecule has 0 aliphatic carbocycles. The molecule has 0 saturated heterocycles. The fourth-order valence-corrected chi connectivity index (χ4v) is 1.62. The second-order valence-corrected chi connectivity index (χ2v) is 3.66. The molecule has 0 aliphatic heterocycles. The minimum absolute atomic E-state index is 0.160.